The fourth-order valence-electron chi connectivity index (χ4n) is 3.90. The second-order valence-electron chi connectivity index (χ2n) is 7.48. The van der Waals surface area contributed by atoms with Crippen molar-refractivity contribution in [1.82, 2.24) is 5.32 Å². The van der Waals surface area contributed by atoms with Crippen LogP contribution in [-0.4, -0.2) is 38.7 Å². The third-order valence-corrected chi connectivity index (χ3v) is 5.55. The van der Waals surface area contributed by atoms with Gasteiger partial charge in [0.2, 0.25) is 11.8 Å². The van der Waals surface area contributed by atoms with Crippen molar-refractivity contribution in [1.29, 1.82) is 0 Å². The molecule has 2 aliphatic rings. The third-order valence-electron chi connectivity index (χ3n) is 5.55. The maximum Gasteiger partial charge on any atom is 0.227 e. The Morgan fingerprint density at radius 1 is 1.20 bits per heavy atom. The van der Waals surface area contributed by atoms with E-state index in [9.17, 15) is 9.59 Å². The molecule has 0 radical (unpaired) electrons. The van der Waals surface area contributed by atoms with Crippen molar-refractivity contribution in [2.24, 2.45) is 5.92 Å². The summed E-state index contributed by atoms with van der Waals surface area (Å²) in [5, 5.41) is 3.11. The second-order valence-corrected chi connectivity index (χ2v) is 7.48. The van der Waals surface area contributed by atoms with Crippen LogP contribution < -0.4 is 24.4 Å². The average Bonchev–Trinajstić information content (AvgIpc) is 3.18. The van der Waals surface area contributed by atoms with Gasteiger partial charge in [0.15, 0.2) is 11.5 Å². The largest absolute Gasteiger partial charge is 0.497 e. The first-order valence-corrected chi connectivity index (χ1v) is 10.2. The van der Waals surface area contributed by atoms with E-state index in [-0.39, 0.29) is 24.3 Å². The Bertz CT molecular complexity index is 945. The number of methoxy groups -OCH3 is 1. The van der Waals surface area contributed by atoms with Crippen molar-refractivity contribution in [2.75, 3.05) is 31.8 Å². The van der Waals surface area contributed by atoms with Gasteiger partial charge in [0.1, 0.15) is 19.0 Å². The molecule has 2 aliphatic heterocycles. The number of hydrogen-bond donors (Lipinski definition) is 1. The molecule has 0 saturated carbocycles. The first-order valence-electron chi connectivity index (χ1n) is 10.2. The van der Waals surface area contributed by atoms with Crippen molar-refractivity contribution in [3.8, 4) is 17.2 Å². The zero-order chi connectivity index (χ0) is 21.1. The number of nitrogens with zero attached hydrogens (tertiary/aromatic N) is 1. The number of hydrogen-bond acceptors (Lipinski definition) is 5. The number of fused-ring (bicyclic) bond motifs is 1. The highest BCUT2D eigenvalue weighted by Gasteiger charge is 2.36. The lowest BCUT2D eigenvalue weighted by Gasteiger charge is -2.23. The number of ether oxygens (including phenoxy) is 3. The van der Waals surface area contributed by atoms with Gasteiger partial charge in [0, 0.05) is 24.7 Å². The topological polar surface area (TPSA) is 77.1 Å². The van der Waals surface area contributed by atoms with E-state index in [2.05, 4.69) is 5.32 Å². The molecular weight excluding hydrogens is 384 g/mol. The zero-order valence-corrected chi connectivity index (χ0v) is 17.2. The molecule has 0 bridgehead atoms. The van der Waals surface area contributed by atoms with Crippen LogP contribution in [0.1, 0.15) is 31.4 Å². The number of carbonyl (C=O) groups excluding carboxylic acids is 2. The van der Waals surface area contributed by atoms with Crippen LogP contribution >= 0.6 is 0 Å². The Balaban J connectivity index is 1.44. The molecule has 0 aliphatic carbocycles. The van der Waals surface area contributed by atoms with Crippen LogP contribution in [0.3, 0.4) is 0 Å². The van der Waals surface area contributed by atoms with Crippen LogP contribution in [0, 0.1) is 5.92 Å². The molecule has 7 heteroatoms. The first-order chi connectivity index (χ1) is 14.6. The van der Waals surface area contributed by atoms with Crippen molar-refractivity contribution in [3.05, 3.63) is 48.0 Å². The lowest BCUT2D eigenvalue weighted by atomic mass is 10.0. The Kier molecular flexibility index (Phi) is 5.79. The van der Waals surface area contributed by atoms with Gasteiger partial charge in [-0.3, -0.25) is 9.59 Å². The minimum atomic E-state index is -0.394. The fraction of sp³-hybridized carbons (Fsp3) is 0.391. The van der Waals surface area contributed by atoms with E-state index >= 15 is 0 Å². The van der Waals surface area contributed by atoms with E-state index in [1.165, 1.54) is 0 Å². The number of rotatable bonds is 6. The van der Waals surface area contributed by atoms with Gasteiger partial charge in [0.05, 0.1) is 19.1 Å². The van der Waals surface area contributed by atoms with E-state index in [0.717, 1.165) is 23.4 Å². The van der Waals surface area contributed by atoms with E-state index in [1.54, 1.807) is 12.0 Å². The van der Waals surface area contributed by atoms with Gasteiger partial charge in [-0.05, 0) is 36.2 Å². The molecule has 2 amide bonds. The molecule has 2 aromatic rings. The molecule has 158 valence electrons. The Labute approximate surface area is 175 Å². The molecule has 2 unspecified atom stereocenters. The van der Waals surface area contributed by atoms with Gasteiger partial charge in [0.25, 0.3) is 0 Å². The lowest BCUT2D eigenvalue weighted by molar-refractivity contribution is -0.127. The van der Waals surface area contributed by atoms with Crippen molar-refractivity contribution < 1.29 is 23.8 Å². The molecule has 2 heterocycles. The third kappa shape index (κ3) is 4.06. The Hall–Kier alpha value is -3.22. The van der Waals surface area contributed by atoms with E-state index in [1.807, 2.05) is 49.4 Å². The Morgan fingerprint density at radius 2 is 2.00 bits per heavy atom. The van der Waals surface area contributed by atoms with Crippen LogP contribution in [0.2, 0.25) is 0 Å². The molecule has 4 rings (SSSR count). The van der Waals surface area contributed by atoms with Gasteiger partial charge < -0.3 is 24.4 Å². The summed E-state index contributed by atoms with van der Waals surface area (Å²) in [5.74, 6) is 1.53. The van der Waals surface area contributed by atoms with Crippen LogP contribution in [0.15, 0.2) is 42.5 Å². The van der Waals surface area contributed by atoms with Crippen LogP contribution in [0.25, 0.3) is 0 Å². The summed E-state index contributed by atoms with van der Waals surface area (Å²) < 4.78 is 16.5. The predicted octanol–water partition coefficient (Wildman–Crippen LogP) is 3.09. The van der Waals surface area contributed by atoms with Crippen LogP contribution in [0.4, 0.5) is 5.69 Å². The highest BCUT2D eigenvalue weighted by atomic mass is 16.6. The number of nitrogens with one attached hydrogen (secondary N) is 1. The SMILES string of the molecule is CCC(NC(=O)C1CC(=O)N(c2cccc(OC)c2)C1)c1ccc2c(c1)OCCO2. The van der Waals surface area contributed by atoms with Crippen LogP contribution in [0.5, 0.6) is 17.2 Å². The summed E-state index contributed by atoms with van der Waals surface area (Å²) in [6.07, 6.45) is 0.923. The average molecular weight is 410 g/mol. The van der Waals surface area contributed by atoms with E-state index in [4.69, 9.17) is 14.2 Å². The number of amides is 2. The summed E-state index contributed by atoms with van der Waals surface area (Å²) in [4.78, 5) is 27.2. The van der Waals surface area contributed by atoms with Crippen molar-refractivity contribution in [2.45, 2.75) is 25.8 Å². The number of benzene rings is 2. The Morgan fingerprint density at radius 3 is 2.77 bits per heavy atom. The maximum absolute atomic E-state index is 13.0. The number of anilines is 1. The molecular formula is C23H26N2O5. The monoisotopic (exact) mass is 410 g/mol. The number of carbonyl (C=O) groups is 2. The standard InChI is InChI=1S/C23H26N2O5/c1-3-19(15-7-8-20-21(11-15)30-10-9-29-20)24-23(27)16-12-22(26)25(14-16)17-5-4-6-18(13-17)28-2/h4-8,11,13,16,19H,3,9-10,12,14H2,1-2H3,(H,24,27). The summed E-state index contributed by atoms with van der Waals surface area (Å²) in [7, 11) is 1.59. The van der Waals surface area contributed by atoms with Crippen LogP contribution in [-0.2, 0) is 9.59 Å². The van der Waals surface area contributed by atoms with E-state index < -0.39 is 5.92 Å². The molecule has 0 aromatic heterocycles. The summed E-state index contributed by atoms with van der Waals surface area (Å²) in [5.41, 5.74) is 1.71. The molecule has 0 spiro atoms. The predicted molar refractivity (Wildman–Crippen MR) is 112 cm³/mol. The van der Waals surface area contributed by atoms with Gasteiger partial charge in [-0.1, -0.05) is 19.1 Å². The molecule has 1 saturated heterocycles. The smallest absolute Gasteiger partial charge is 0.227 e. The fourth-order valence-corrected chi connectivity index (χ4v) is 3.90. The zero-order valence-electron chi connectivity index (χ0n) is 17.2. The maximum atomic E-state index is 13.0. The van der Waals surface area contributed by atoms with Crippen molar-refractivity contribution in [3.63, 3.8) is 0 Å². The van der Waals surface area contributed by atoms with Gasteiger partial charge >= 0.3 is 0 Å². The summed E-state index contributed by atoms with van der Waals surface area (Å²) >= 11 is 0. The van der Waals surface area contributed by atoms with Gasteiger partial charge in [-0.15, -0.1) is 0 Å². The minimum Gasteiger partial charge on any atom is -0.497 e. The van der Waals surface area contributed by atoms with Crippen molar-refractivity contribution >= 4 is 17.5 Å². The molecule has 30 heavy (non-hydrogen) atoms. The quantitative estimate of drug-likeness (QED) is 0.792. The lowest BCUT2D eigenvalue weighted by Crippen LogP contribution is -2.35. The molecule has 2 aromatic carbocycles. The van der Waals surface area contributed by atoms with Gasteiger partial charge in [-0.2, -0.15) is 0 Å². The first kappa shape index (κ1) is 20.1. The summed E-state index contributed by atoms with van der Waals surface area (Å²) in [6, 6.07) is 12.9. The van der Waals surface area contributed by atoms with E-state index in [0.29, 0.717) is 31.3 Å². The molecule has 1 N–H and O–H groups in total. The van der Waals surface area contributed by atoms with Gasteiger partial charge in [-0.25, -0.2) is 0 Å². The highest BCUT2D eigenvalue weighted by Crippen LogP contribution is 2.34. The molecule has 7 nitrogen and oxygen atoms in total. The molecule has 2 atom stereocenters. The molecule has 1 fully saturated rings. The highest BCUT2D eigenvalue weighted by molar-refractivity contribution is 6.00. The normalized spacial score (nSPS) is 18.8. The second kappa shape index (κ2) is 8.65. The minimum absolute atomic E-state index is 0.0595. The summed E-state index contributed by atoms with van der Waals surface area (Å²) in [6.45, 7) is 3.43.